The molecule has 0 radical (unpaired) electrons. The molecule has 0 unspecified atom stereocenters. The van der Waals surface area contributed by atoms with E-state index < -0.39 is 11.7 Å². The molecule has 0 bridgehead atoms. The molecule has 174 valence electrons. The van der Waals surface area contributed by atoms with Crippen molar-refractivity contribution >= 4 is 28.3 Å². The van der Waals surface area contributed by atoms with Crippen LogP contribution in [0.1, 0.15) is 45.5 Å². The number of ketones is 1. The second-order valence-corrected chi connectivity index (χ2v) is 8.12. The second kappa shape index (κ2) is 9.38. The molecule has 0 spiro atoms. The minimum atomic E-state index is -0.825. The van der Waals surface area contributed by atoms with Crippen molar-refractivity contribution in [2.24, 2.45) is 0 Å². The predicted octanol–water partition coefficient (Wildman–Crippen LogP) is 4.72. The van der Waals surface area contributed by atoms with Crippen molar-refractivity contribution in [1.82, 2.24) is 29.9 Å². The largest absolute Gasteiger partial charge is 0.345 e. The highest BCUT2D eigenvalue weighted by molar-refractivity contribution is 6.18. The number of carbonyl (C=O) groups excluding carboxylic acids is 1. The van der Waals surface area contributed by atoms with E-state index in [0.29, 0.717) is 34.7 Å². The first-order chi connectivity index (χ1) is 17.0. The van der Waals surface area contributed by atoms with Gasteiger partial charge in [-0.3, -0.25) is 14.8 Å². The van der Waals surface area contributed by atoms with E-state index in [1.807, 2.05) is 38.1 Å². The Balaban J connectivity index is 1.44. The third-order valence-electron chi connectivity index (χ3n) is 5.67. The smallest absolute Gasteiger partial charge is 0.224 e. The third kappa shape index (κ3) is 4.61. The quantitative estimate of drug-likeness (QED) is 0.263. The summed E-state index contributed by atoms with van der Waals surface area (Å²) in [6, 6.07) is 10.7. The first kappa shape index (κ1) is 22.3. The van der Waals surface area contributed by atoms with Crippen molar-refractivity contribution in [2.75, 3.05) is 5.32 Å². The van der Waals surface area contributed by atoms with Crippen molar-refractivity contribution in [3.63, 3.8) is 0 Å². The Morgan fingerprint density at radius 1 is 0.971 bits per heavy atom. The molecule has 0 aliphatic heterocycles. The molecule has 0 aliphatic carbocycles. The number of halogens is 1. The summed E-state index contributed by atoms with van der Waals surface area (Å²) in [6.07, 6.45) is 7.60. The molecule has 0 aliphatic rings. The molecule has 2 N–H and O–H groups in total. The summed E-state index contributed by atoms with van der Waals surface area (Å²) in [6.45, 7) is 3.93. The topological polar surface area (TPSA) is 109 Å². The van der Waals surface area contributed by atoms with E-state index in [1.165, 1.54) is 18.6 Å². The van der Waals surface area contributed by atoms with Gasteiger partial charge in [0.2, 0.25) is 5.95 Å². The predicted molar refractivity (Wildman–Crippen MR) is 130 cm³/mol. The summed E-state index contributed by atoms with van der Waals surface area (Å²) >= 11 is 0. The molecule has 35 heavy (non-hydrogen) atoms. The van der Waals surface area contributed by atoms with Crippen LogP contribution in [0, 0.1) is 12.9 Å². The molecular formula is C26H22FN7O. The molecule has 5 rings (SSSR count). The van der Waals surface area contributed by atoms with E-state index in [9.17, 15) is 9.18 Å². The van der Waals surface area contributed by atoms with Crippen LogP contribution in [-0.4, -0.2) is 35.7 Å². The molecule has 8 nitrogen and oxygen atoms in total. The summed E-state index contributed by atoms with van der Waals surface area (Å²) in [4.78, 5) is 37.5. The average Bonchev–Trinajstić information content (AvgIpc) is 3.31. The highest BCUT2D eigenvalue weighted by atomic mass is 19.1. The molecule has 9 heteroatoms. The first-order valence-corrected chi connectivity index (χ1v) is 11.2. The average molecular weight is 468 g/mol. The Hall–Kier alpha value is -4.53. The van der Waals surface area contributed by atoms with Crippen LogP contribution in [0.3, 0.4) is 0 Å². The molecule has 0 amide bonds. The Labute approximate surface area is 200 Å². The fourth-order valence-electron chi connectivity index (χ4n) is 3.78. The van der Waals surface area contributed by atoms with Gasteiger partial charge in [-0.05, 0) is 49.2 Å². The van der Waals surface area contributed by atoms with Gasteiger partial charge in [-0.25, -0.2) is 15.0 Å². The summed E-state index contributed by atoms with van der Waals surface area (Å²) in [5.74, 6) is -0.922. The van der Waals surface area contributed by atoms with Gasteiger partial charge in [0, 0.05) is 35.9 Å². The fraction of sp³-hybridized carbons (Fsp3) is 0.154. The molecule has 5 aromatic rings. The van der Waals surface area contributed by atoms with Gasteiger partial charge in [0.15, 0.2) is 5.78 Å². The van der Waals surface area contributed by atoms with Crippen molar-refractivity contribution in [3.05, 3.63) is 101 Å². The van der Waals surface area contributed by atoms with E-state index in [0.717, 1.165) is 23.4 Å². The van der Waals surface area contributed by atoms with Crippen LogP contribution >= 0.6 is 0 Å². The Bertz CT molecular complexity index is 1510. The number of pyridine rings is 3. The van der Waals surface area contributed by atoms with E-state index in [4.69, 9.17) is 0 Å². The lowest BCUT2D eigenvalue weighted by molar-refractivity contribution is 0.103. The lowest BCUT2D eigenvalue weighted by atomic mass is 10.0. The van der Waals surface area contributed by atoms with Gasteiger partial charge in [0.1, 0.15) is 17.8 Å². The summed E-state index contributed by atoms with van der Waals surface area (Å²) in [5.41, 5.74) is 4.58. The number of anilines is 2. The van der Waals surface area contributed by atoms with Gasteiger partial charge in [0.05, 0.1) is 28.4 Å². The van der Waals surface area contributed by atoms with Crippen molar-refractivity contribution in [2.45, 2.75) is 26.7 Å². The number of nitrogens with zero attached hydrogens (tertiary/aromatic N) is 5. The third-order valence-corrected chi connectivity index (χ3v) is 5.67. The summed E-state index contributed by atoms with van der Waals surface area (Å²) in [7, 11) is 0. The van der Waals surface area contributed by atoms with Crippen LogP contribution in [0.4, 0.5) is 15.9 Å². The summed E-state index contributed by atoms with van der Waals surface area (Å²) in [5, 5.41) is 3.63. The number of aryl methyl sites for hydroxylation is 2. The fourth-order valence-corrected chi connectivity index (χ4v) is 3.78. The number of fused-ring (bicyclic) bond motifs is 1. The van der Waals surface area contributed by atoms with E-state index in [-0.39, 0.29) is 11.1 Å². The van der Waals surface area contributed by atoms with Crippen LogP contribution in [0.15, 0.2) is 61.3 Å². The Morgan fingerprint density at radius 2 is 1.83 bits per heavy atom. The van der Waals surface area contributed by atoms with Gasteiger partial charge in [-0.15, -0.1) is 0 Å². The lowest BCUT2D eigenvalue weighted by Gasteiger charge is -2.09. The van der Waals surface area contributed by atoms with Crippen molar-refractivity contribution in [1.29, 1.82) is 0 Å². The van der Waals surface area contributed by atoms with E-state index in [2.05, 4.69) is 35.2 Å². The number of aromatic nitrogens is 6. The molecule has 5 aromatic heterocycles. The van der Waals surface area contributed by atoms with Crippen LogP contribution in [0.5, 0.6) is 0 Å². The van der Waals surface area contributed by atoms with Crippen LogP contribution < -0.4 is 5.32 Å². The standard InChI is InChI=1S/C26H22FN7O/c1-3-17-7-5-16(11-29-17)10-18-8-9-20(24(27)33-18)23(35)21-13-30-25-22(21)26(32-14-31-25)34-19-6-4-15(2)28-12-19/h4-9,11-14H,3,10H2,1-2H3,(H2,30,31,32,34). The Morgan fingerprint density at radius 3 is 2.54 bits per heavy atom. The van der Waals surface area contributed by atoms with Gasteiger partial charge in [-0.1, -0.05) is 13.0 Å². The van der Waals surface area contributed by atoms with Gasteiger partial charge in [-0.2, -0.15) is 4.39 Å². The highest BCUT2D eigenvalue weighted by Crippen LogP contribution is 2.28. The molecule has 0 saturated heterocycles. The molecule has 0 aromatic carbocycles. The minimum Gasteiger partial charge on any atom is -0.345 e. The number of aromatic amines is 1. The van der Waals surface area contributed by atoms with Crippen molar-refractivity contribution in [3.8, 4) is 0 Å². The van der Waals surface area contributed by atoms with Gasteiger partial charge in [0.25, 0.3) is 0 Å². The van der Waals surface area contributed by atoms with Gasteiger partial charge >= 0.3 is 0 Å². The van der Waals surface area contributed by atoms with Crippen LogP contribution in [0.2, 0.25) is 0 Å². The zero-order chi connectivity index (χ0) is 24.4. The number of hydrogen-bond acceptors (Lipinski definition) is 7. The lowest BCUT2D eigenvalue weighted by Crippen LogP contribution is -2.08. The number of nitrogens with one attached hydrogen (secondary N) is 2. The molecule has 0 atom stereocenters. The number of carbonyl (C=O) groups is 1. The number of H-pyrrole nitrogens is 1. The maximum Gasteiger partial charge on any atom is 0.224 e. The highest BCUT2D eigenvalue weighted by Gasteiger charge is 2.22. The van der Waals surface area contributed by atoms with Crippen LogP contribution in [0.25, 0.3) is 11.0 Å². The zero-order valence-electron chi connectivity index (χ0n) is 19.2. The number of rotatable bonds is 7. The normalized spacial score (nSPS) is 11.1. The molecule has 5 heterocycles. The Kier molecular flexibility index (Phi) is 5.97. The molecular weight excluding hydrogens is 445 g/mol. The summed E-state index contributed by atoms with van der Waals surface area (Å²) < 4.78 is 15.0. The number of hydrogen-bond donors (Lipinski definition) is 2. The van der Waals surface area contributed by atoms with Gasteiger partial charge < -0.3 is 10.3 Å². The minimum absolute atomic E-state index is 0.124. The van der Waals surface area contributed by atoms with E-state index >= 15 is 0 Å². The van der Waals surface area contributed by atoms with Crippen LogP contribution in [-0.2, 0) is 12.8 Å². The SMILES string of the molecule is CCc1ccc(Cc2ccc(C(=O)c3c[nH]c4ncnc(Nc5ccc(C)nc5)c34)c(F)n2)cn1. The second-order valence-electron chi connectivity index (χ2n) is 8.12. The maximum absolute atomic E-state index is 15.0. The zero-order valence-corrected chi connectivity index (χ0v) is 19.2. The van der Waals surface area contributed by atoms with E-state index in [1.54, 1.807) is 18.5 Å². The molecule has 0 fully saturated rings. The van der Waals surface area contributed by atoms with Crippen molar-refractivity contribution < 1.29 is 9.18 Å². The first-order valence-electron chi connectivity index (χ1n) is 11.2. The maximum atomic E-state index is 15.0. The molecule has 0 saturated carbocycles. The monoisotopic (exact) mass is 467 g/mol.